The summed E-state index contributed by atoms with van der Waals surface area (Å²) in [7, 11) is 0. The van der Waals surface area contributed by atoms with Gasteiger partial charge in [-0.1, -0.05) is 34.1 Å². The highest BCUT2D eigenvalue weighted by atomic mass is 79.9. The van der Waals surface area contributed by atoms with Crippen LogP contribution in [0.4, 0.5) is 5.69 Å². The Morgan fingerprint density at radius 2 is 1.84 bits per heavy atom. The summed E-state index contributed by atoms with van der Waals surface area (Å²) in [5.41, 5.74) is 7.35. The minimum Gasteiger partial charge on any atom is -0.352 e. The number of carbonyl (C=O) groups excluding carboxylic acids is 1. The number of benzene rings is 2. The van der Waals surface area contributed by atoms with Crippen LogP contribution < -0.4 is 10.6 Å². The molecule has 2 atom stereocenters. The molecule has 0 radical (unpaired) electrons. The van der Waals surface area contributed by atoms with E-state index in [1.54, 1.807) is 6.20 Å². The number of aryl methyl sites for hydroxylation is 2. The van der Waals surface area contributed by atoms with E-state index in [0.717, 1.165) is 44.1 Å². The van der Waals surface area contributed by atoms with Crippen molar-refractivity contribution in [2.24, 2.45) is 0 Å². The number of rotatable bonds is 7. The van der Waals surface area contributed by atoms with Crippen molar-refractivity contribution in [2.75, 3.05) is 11.9 Å². The molecular weight excluding hydrogens is 558 g/mol. The molecule has 0 unspecified atom stereocenters. The van der Waals surface area contributed by atoms with Crippen LogP contribution in [0.1, 0.15) is 46.7 Å². The molecule has 2 aromatic heterocycles. The predicted molar refractivity (Wildman–Crippen MR) is 160 cm³/mol. The molecule has 2 N–H and O–H groups in total. The second-order valence-corrected chi connectivity index (χ2v) is 10.9. The molecular formula is C30H30BrN5OS. The molecule has 38 heavy (non-hydrogen) atoms. The number of pyridine rings is 1. The van der Waals surface area contributed by atoms with Crippen molar-refractivity contribution in [3.05, 3.63) is 112 Å². The van der Waals surface area contributed by atoms with Crippen LogP contribution in [0.15, 0.2) is 83.5 Å². The predicted octanol–water partition coefficient (Wildman–Crippen LogP) is 6.56. The van der Waals surface area contributed by atoms with Gasteiger partial charge in [0.1, 0.15) is 0 Å². The van der Waals surface area contributed by atoms with Crippen LogP contribution in [-0.2, 0) is 4.79 Å². The van der Waals surface area contributed by atoms with E-state index in [1.807, 2.05) is 49.4 Å². The van der Waals surface area contributed by atoms with E-state index in [2.05, 4.69) is 85.2 Å². The monoisotopic (exact) mass is 587 g/mol. The topological polar surface area (TPSA) is 62.2 Å². The summed E-state index contributed by atoms with van der Waals surface area (Å²) < 4.78 is 3.31. The first-order chi connectivity index (χ1) is 18.3. The zero-order chi connectivity index (χ0) is 26.8. The maximum Gasteiger partial charge on any atom is 0.226 e. The van der Waals surface area contributed by atoms with Crippen molar-refractivity contribution < 1.29 is 4.79 Å². The van der Waals surface area contributed by atoms with Gasteiger partial charge in [-0.05, 0) is 98.7 Å². The summed E-state index contributed by atoms with van der Waals surface area (Å²) in [6, 6.07) is 24.1. The molecule has 1 amide bonds. The molecule has 5 rings (SSSR count). The third-order valence-corrected chi connectivity index (χ3v) is 7.83. The van der Waals surface area contributed by atoms with Crippen LogP contribution in [0.25, 0.3) is 5.69 Å². The molecule has 0 spiro atoms. The number of thiocarbonyl (C=S) groups is 1. The first-order valence-electron chi connectivity index (χ1n) is 12.6. The Hall–Kier alpha value is -3.49. The SMILES string of the molecule is Cc1cccc(NC(=O)CCN2C(=S)N[C@@H](c3ccccn3)[C@@H]2c2cc(C)n(-c3ccc(Br)cc3)c2C)c1. The Labute approximate surface area is 237 Å². The van der Waals surface area contributed by atoms with E-state index in [1.165, 1.54) is 0 Å². The summed E-state index contributed by atoms with van der Waals surface area (Å²) in [6.45, 7) is 6.76. The van der Waals surface area contributed by atoms with Crippen LogP contribution in [0.5, 0.6) is 0 Å². The van der Waals surface area contributed by atoms with Crippen molar-refractivity contribution >= 4 is 44.9 Å². The van der Waals surface area contributed by atoms with Gasteiger partial charge < -0.3 is 20.1 Å². The summed E-state index contributed by atoms with van der Waals surface area (Å²) >= 11 is 9.36. The number of carbonyl (C=O) groups is 1. The average Bonchev–Trinajstić information content (AvgIpc) is 3.38. The van der Waals surface area contributed by atoms with Crippen molar-refractivity contribution in [1.29, 1.82) is 0 Å². The molecule has 2 aromatic carbocycles. The van der Waals surface area contributed by atoms with Gasteiger partial charge >= 0.3 is 0 Å². The highest BCUT2D eigenvalue weighted by molar-refractivity contribution is 9.10. The van der Waals surface area contributed by atoms with Crippen LogP contribution in [0, 0.1) is 20.8 Å². The number of nitrogens with one attached hydrogen (secondary N) is 2. The highest BCUT2D eigenvalue weighted by Crippen LogP contribution is 2.41. The Morgan fingerprint density at radius 3 is 2.55 bits per heavy atom. The van der Waals surface area contributed by atoms with E-state index in [-0.39, 0.29) is 18.0 Å². The smallest absolute Gasteiger partial charge is 0.226 e. The maximum atomic E-state index is 12.9. The second-order valence-electron chi connectivity index (χ2n) is 9.63. The Balaban J connectivity index is 1.46. The van der Waals surface area contributed by atoms with Crippen molar-refractivity contribution in [3.8, 4) is 5.69 Å². The summed E-state index contributed by atoms with van der Waals surface area (Å²) in [6.07, 6.45) is 2.12. The zero-order valence-corrected chi connectivity index (χ0v) is 24.0. The quantitative estimate of drug-likeness (QED) is 0.240. The number of halogens is 1. The van der Waals surface area contributed by atoms with Gasteiger partial charge in [0.05, 0.1) is 17.8 Å². The van der Waals surface area contributed by atoms with Gasteiger partial charge in [-0.3, -0.25) is 9.78 Å². The van der Waals surface area contributed by atoms with Gasteiger partial charge in [-0.2, -0.15) is 0 Å². The molecule has 1 aliphatic heterocycles. The van der Waals surface area contributed by atoms with Crippen LogP contribution in [0.2, 0.25) is 0 Å². The van der Waals surface area contributed by atoms with Gasteiger partial charge in [0.15, 0.2) is 5.11 Å². The fourth-order valence-corrected chi connectivity index (χ4v) is 5.82. The molecule has 6 nitrogen and oxygen atoms in total. The highest BCUT2D eigenvalue weighted by Gasteiger charge is 2.41. The largest absolute Gasteiger partial charge is 0.352 e. The van der Waals surface area contributed by atoms with E-state index in [4.69, 9.17) is 12.2 Å². The third kappa shape index (κ3) is 5.37. The minimum atomic E-state index is -0.137. The number of hydrogen-bond donors (Lipinski definition) is 2. The van der Waals surface area contributed by atoms with Gasteiger partial charge in [0, 0.05) is 46.4 Å². The summed E-state index contributed by atoms with van der Waals surface area (Å²) in [5, 5.41) is 7.15. The van der Waals surface area contributed by atoms with E-state index in [0.29, 0.717) is 18.1 Å². The average molecular weight is 589 g/mol. The van der Waals surface area contributed by atoms with Gasteiger partial charge in [0.2, 0.25) is 5.91 Å². The molecule has 0 bridgehead atoms. The minimum absolute atomic E-state index is 0.0428. The summed E-state index contributed by atoms with van der Waals surface area (Å²) in [4.78, 5) is 19.7. The number of anilines is 1. The lowest BCUT2D eigenvalue weighted by Crippen LogP contribution is -2.32. The third-order valence-electron chi connectivity index (χ3n) is 6.95. The first kappa shape index (κ1) is 26.1. The van der Waals surface area contributed by atoms with E-state index in [9.17, 15) is 4.79 Å². The molecule has 1 fully saturated rings. The lowest BCUT2D eigenvalue weighted by atomic mass is 9.96. The van der Waals surface area contributed by atoms with Crippen LogP contribution in [0.3, 0.4) is 0 Å². The molecule has 4 aromatic rings. The van der Waals surface area contributed by atoms with Crippen molar-refractivity contribution in [3.63, 3.8) is 0 Å². The lowest BCUT2D eigenvalue weighted by molar-refractivity contribution is -0.116. The fourth-order valence-electron chi connectivity index (χ4n) is 5.23. The Kier molecular flexibility index (Phi) is 7.63. The maximum absolute atomic E-state index is 12.9. The molecule has 194 valence electrons. The Bertz CT molecular complexity index is 1470. The van der Waals surface area contributed by atoms with Crippen molar-refractivity contribution in [1.82, 2.24) is 19.8 Å². The number of nitrogens with zero attached hydrogens (tertiary/aromatic N) is 3. The number of aromatic nitrogens is 2. The zero-order valence-electron chi connectivity index (χ0n) is 21.6. The number of hydrogen-bond acceptors (Lipinski definition) is 3. The van der Waals surface area contributed by atoms with E-state index < -0.39 is 0 Å². The first-order valence-corrected chi connectivity index (χ1v) is 13.8. The molecule has 1 saturated heterocycles. The fraction of sp³-hybridized carbons (Fsp3) is 0.233. The lowest BCUT2D eigenvalue weighted by Gasteiger charge is -2.28. The second kappa shape index (κ2) is 11.1. The van der Waals surface area contributed by atoms with Gasteiger partial charge in [0.25, 0.3) is 0 Å². The molecule has 0 aliphatic carbocycles. The number of amides is 1. The Morgan fingerprint density at radius 1 is 1.05 bits per heavy atom. The molecule has 0 saturated carbocycles. The standard InChI is InChI=1S/C30H30BrN5OS/c1-19-7-6-8-23(17-19)33-27(37)14-16-35-29(28(34-30(35)38)26-9-4-5-15-32-26)25-18-20(2)36(21(25)3)24-12-10-22(31)11-13-24/h4-13,15,17-18,28-29H,14,16H2,1-3H3,(H,33,37)(H,34,38)/t28-,29-/m0/s1. The van der Waals surface area contributed by atoms with Crippen molar-refractivity contribution in [2.45, 2.75) is 39.3 Å². The molecule has 3 heterocycles. The van der Waals surface area contributed by atoms with Crippen LogP contribution in [-0.4, -0.2) is 32.0 Å². The molecule has 8 heteroatoms. The summed E-state index contributed by atoms with van der Waals surface area (Å²) in [5.74, 6) is -0.0428. The van der Waals surface area contributed by atoms with E-state index >= 15 is 0 Å². The van der Waals surface area contributed by atoms with Crippen LogP contribution >= 0.6 is 28.1 Å². The van der Waals surface area contributed by atoms with Gasteiger partial charge in [-0.25, -0.2) is 0 Å². The normalized spacial score (nSPS) is 16.9. The molecule has 1 aliphatic rings. The van der Waals surface area contributed by atoms with Gasteiger partial charge in [-0.15, -0.1) is 0 Å².